The fourth-order valence-corrected chi connectivity index (χ4v) is 13.8. The Hall–Kier alpha value is -6.15. The van der Waals surface area contributed by atoms with Crippen LogP contribution in [0.1, 0.15) is 56.6 Å². The molecular formula is C51H44N2OSi. The van der Waals surface area contributed by atoms with E-state index in [0.29, 0.717) is 5.56 Å². The molecule has 9 rings (SSSR count). The normalized spacial score (nSPS) is 11.9. The van der Waals surface area contributed by atoms with Crippen LogP contribution in [0, 0.1) is 11.3 Å². The summed E-state index contributed by atoms with van der Waals surface area (Å²) in [6, 6.07) is 61.8. The smallest absolute Gasteiger partial charge is 0.184 e. The zero-order valence-electron chi connectivity index (χ0n) is 31.3. The highest BCUT2D eigenvalue weighted by molar-refractivity contribution is 7.20. The van der Waals surface area contributed by atoms with Gasteiger partial charge in [0.25, 0.3) is 0 Å². The number of unbranched alkanes of at least 4 members (excludes halogenated alkanes) is 5. The number of para-hydroxylation sites is 1. The number of hydrogen-bond donors (Lipinski definition) is 0. The summed E-state index contributed by atoms with van der Waals surface area (Å²) in [6.45, 7) is 2.27. The fourth-order valence-electron chi connectivity index (χ4n) is 8.93. The number of fused-ring (bicyclic) bond motifs is 6. The van der Waals surface area contributed by atoms with E-state index in [0.717, 1.165) is 50.5 Å². The molecule has 7 aromatic carbocycles. The van der Waals surface area contributed by atoms with Crippen molar-refractivity contribution in [3.05, 3.63) is 175 Å². The minimum Gasteiger partial charge on any atom is -0.456 e. The van der Waals surface area contributed by atoms with E-state index < -0.39 is 8.07 Å². The van der Waals surface area contributed by atoms with E-state index in [9.17, 15) is 5.26 Å². The van der Waals surface area contributed by atoms with Crippen LogP contribution in [0.4, 0.5) is 0 Å². The Morgan fingerprint density at radius 1 is 0.545 bits per heavy atom. The molecule has 0 unspecified atom stereocenters. The number of nitriles is 1. The van der Waals surface area contributed by atoms with Gasteiger partial charge < -0.3 is 8.98 Å². The first-order valence-corrected chi connectivity index (χ1v) is 21.8. The molecule has 2 heterocycles. The molecule has 0 N–H and O–H groups in total. The van der Waals surface area contributed by atoms with Crippen LogP contribution in [0.2, 0.25) is 0 Å². The number of furan rings is 1. The molecular weight excluding hydrogens is 685 g/mol. The number of benzene rings is 7. The monoisotopic (exact) mass is 728 g/mol. The quantitative estimate of drug-likeness (QED) is 0.0714. The highest BCUT2D eigenvalue weighted by Gasteiger charge is 2.43. The Morgan fingerprint density at radius 2 is 1.16 bits per heavy atom. The van der Waals surface area contributed by atoms with Crippen LogP contribution < -0.4 is 20.7 Å². The molecule has 9 aromatic rings. The second kappa shape index (κ2) is 14.9. The topological polar surface area (TPSA) is 41.9 Å². The van der Waals surface area contributed by atoms with E-state index in [1.54, 1.807) is 0 Å². The number of rotatable bonds is 12. The van der Waals surface area contributed by atoms with Gasteiger partial charge in [0.1, 0.15) is 11.2 Å². The molecule has 268 valence electrons. The maximum atomic E-state index is 9.88. The van der Waals surface area contributed by atoms with Gasteiger partial charge in [0.05, 0.1) is 22.7 Å². The van der Waals surface area contributed by atoms with Crippen molar-refractivity contribution in [2.75, 3.05) is 0 Å². The Morgan fingerprint density at radius 3 is 1.82 bits per heavy atom. The molecule has 0 aliphatic carbocycles. The van der Waals surface area contributed by atoms with E-state index in [1.165, 1.54) is 70.2 Å². The number of hydrogen-bond acceptors (Lipinski definition) is 2. The lowest BCUT2D eigenvalue weighted by Gasteiger charge is -2.34. The second-order valence-corrected chi connectivity index (χ2v) is 18.6. The molecule has 4 heteroatoms. The Balaban J connectivity index is 1.22. The van der Waals surface area contributed by atoms with Gasteiger partial charge in [0.15, 0.2) is 8.07 Å². The van der Waals surface area contributed by atoms with Gasteiger partial charge in [-0.15, -0.1) is 0 Å². The van der Waals surface area contributed by atoms with Gasteiger partial charge in [0, 0.05) is 27.2 Å². The third-order valence-corrected chi connectivity index (χ3v) is 16.3. The average molecular weight is 729 g/mol. The Kier molecular flexibility index (Phi) is 9.40. The standard InChI is InChI=1S/C51H44N2OSi/c1-2-3-4-5-6-10-18-37-27-30-47-44(33-37)45-34-38(36-52)28-31-48(45)53(47)39-29-32-49-46(35-39)43-25-17-26-50(51(43)54-49)55(40-19-11-7-12-20-40,41-21-13-8-14-22-41)42-23-15-9-16-24-42/h7-9,11-17,19-35H,2-6,10,18H2,1H3. The van der Waals surface area contributed by atoms with Gasteiger partial charge in [-0.3, -0.25) is 0 Å². The van der Waals surface area contributed by atoms with Crippen LogP contribution in [-0.2, 0) is 6.42 Å². The molecule has 0 saturated heterocycles. The summed E-state index contributed by atoms with van der Waals surface area (Å²) >= 11 is 0. The molecule has 0 amide bonds. The highest BCUT2D eigenvalue weighted by Crippen LogP contribution is 2.36. The van der Waals surface area contributed by atoms with Crippen LogP contribution >= 0.6 is 0 Å². The van der Waals surface area contributed by atoms with Gasteiger partial charge in [-0.2, -0.15) is 5.26 Å². The van der Waals surface area contributed by atoms with Crippen LogP contribution in [0.3, 0.4) is 0 Å². The largest absolute Gasteiger partial charge is 0.456 e. The summed E-state index contributed by atoms with van der Waals surface area (Å²) in [5.74, 6) is 0. The molecule has 2 aromatic heterocycles. The Bertz CT molecular complexity index is 2710. The molecule has 0 saturated carbocycles. The van der Waals surface area contributed by atoms with Crippen molar-refractivity contribution in [2.24, 2.45) is 0 Å². The SMILES string of the molecule is CCCCCCCCc1ccc2c(c1)c1cc(C#N)ccc1n2-c1ccc2oc3c([Si](c4ccccc4)(c4ccccc4)c4ccccc4)cccc3c2c1. The van der Waals surface area contributed by atoms with E-state index in [1.807, 2.05) is 6.07 Å². The molecule has 0 aliphatic heterocycles. The molecule has 0 spiro atoms. The number of aryl methyl sites for hydroxylation is 1. The van der Waals surface area contributed by atoms with Crippen LogP contribution in [0.5, 0.6) is 0 Å². The maximum absolute atomic E-state index is 9.88. The third kappa shape index (κ3) is 6.06. The summed E-state index contributed by atoms with van der Waals surface area (Å²) in [5, 5.41) is 19.6. The van der Waals surface area contributed by atoms with Crippen molar-refractivity contribution in [3.8, 4) is 11.8 Å². The van der Waals surface area contributed by atoms with E-state index >= 15 is 0 Å². The number of nitrogens with zero attached hydrogens (tertiary/aromatic N) is 2. The molecule has 55 heavy (non-hydrogen) atoms. The minimum absolute atomic E-state index is 0.680. The summed E-state index contributed by atoms with van der Waals surface area (Å²) in [5.41, 5.74) is 7.17. The highest BCUT2D eigenvalue weighted by atomic mass is 28.3. The van der Waals surface area contributed by atoms with Crippen LogP contribution in [-0.4, -0.2) is 12.6 Å². The fraction of sp³-hybridized carbons (Fsp3) is 0.157. The lowest BCUT2D eigenvalue weighted by atomic mass is 10.0. The summed E-state index contributed by atoms with van der Waals surface area (Å²) < 4.78 is 9.37. The van der Waals surface area contributed by atoms with Crippen LogP contribution in [0.25, 0.3) is 49.4 Å². The predicted molar refractivity (Wildman–Crippen MR) is 233 cm³/mol. The maximum Gasteiger partial charge on any atom is 0.184 e. The van der Waals surface area contributed by atoms with Gasteiger partial charge in [-0.05, 0) is 87.7 Å². The van der Waals surface area contributed by atoms with Gasteiger partial charge >= 0.3 is 0 Å². The van der Waals surface area contributed by atoms with Crippen molar-refractivity contribution in [2.45, 2.75) is 51.9 Å². The Labute approximate surface area is 324 Å². The molecule has 0 bridgehead atoms. The second-order valence-electron chi connectivity index (χ2n) is 14.9. The number of aromatic nitrogens is 1. The predicted octanol–water partition coefficient (Wildman–Crippen LogP) is 10.8. The third-order valence-electron chi connectivity index (χ3n) is 11.5. The van der Waals surface area contributed by atoms with Crippen molar-refractivity contribution in [1.29, 1.82) is 5.26 Å². The summed E-state index contributed by atoms with van der Waals surface area (Å²) in [7, 11) is -2.82. The van der Waals surface area contributed by atoms with Crippen molar-refractivity contribution < 1.29 is 4.42 Å². The molecule has 0 atom stereocenters. The first-order valence-electron chi connectivity index (χ1n) is 19.8. The summed E-state index contributed by atoms with van der Waals surface area (Å²) in [4.78, 5) is 0. The van der Waals surface area contributed by atoms with Crippen molar-refractivity contribution >= 4 is 72.6 Å². The first-order chi connectivity index (χ1) is 27.2. The van der Waals surface area contributed by atoms with Crippen molar-refractivity contribution in [3.63, 3.8) is 0 Å². The average Bonchev–Trinajstić information content (AvgIpc) is 3.78. The van der Waals surface area contributed by atoms with Crippen molar-refractivity contribution in [1.82, 2.24) is 4.57 Å². The molecule has 0 fully saturated rings. The van der Waals surface area contributed by atoms with E-state index in [2.05, 4.69) is 175 Å². The zero-order valence-corrected chi connectivity index (χ0v) is 32.3. The molecule has 0 aliphatic rings. The summed E-state index contributed by atoms with van der Waals surface area (Å²) in [6.07, 6.45) is 8.77. The zero-order chi connectivity index (χ0) is 37.2. The molecule has 0 radical (unpaired) electrons. The van der Waals surface area contributed by atoms with Gasteiger partial charge in [-0.25, -0.2) is 0 Å². The lowest BCUT2D eigenvalue weighted by Crippen LogP contribution is -2.74. The van der Waals surface area contributed by atoms with E-state index in [4.69, 9.17) is 4.42 Å². The van der Waals surface area contributed by atoms with Crippen LogP contribution in [0.15, 0.2) is 168 Å². The first kappa shape index (κ1) is 34.6. The van der Waals surface area contributed by atoms with E-state index in [-0.39, 0.29) is 0 Å². The minimum atomic E-state index is -2.82. The molecule has 3 nitrogen and oxygen atoms in total. The van der Waals surface area contributed by atoms with Gasteiger partial charge in [-0.1, -0.05) is 154 Å². The lowest BCUT2D eigenvalue weighted by molar-refractivity contribution is 0.607. The van der Waals surface area contributed by atoms with Gasteiger partial charge in [0.2, 0.25) is 0 Å².